The Morgan fingerprint density at radius 3 is 2.47 bits per heavy atom. The standard InChI is InChI=1S/C16H15ClN2/c1-11-7-8-15(12(2)9-11)19(3)16-6-4-5-14(17)13(16)10-18/h4-9H,1-3H3. The van der Waals surface area contributed by atoms with Crippen LogP contribution in [0.1, 0.15) is 16.7 Å². The number of anilines is 2. The molecule has 0 aromatic heterocycles. The Balaban J connectivity index is 2.54. The summed E-state index contributed by atoms with van der Waals surface area (Å²) in [6.45, 7) is 4.13. The Kier molecular flexibility index (Phi) is 3.78. The number of aryl methyl sites for hydroxylation is 2. The molecule has 0 bridgehead atoms. The van der Waals surface area contributed by atoms with Crippen molar-refractivity contribution in [1.29, 1.82) is 5.26 Å². The number of halogens is 1. The fourth-order valence-corrected chi connectivity index (χ4v) is 2.43. The molecule has 0 saturated carbocycles. The molecule has 2 aromatic rings. The van der Waals surface area contributed by atoms with E-state index in [1.165, 1.54) is 11.1 Å². The SMILES string of the molecule is Cc1ccc(N(C)c2cccc(Cl)c2C#N)c(C)c1. The first kappa shape index (κ1) is 13.5. The fourth-order valence-electron chi connectivity index (χ4n) is 2.21. The highest BCUT2D eigenvalue weighted by Crippen LogP contribution is 2.32. The van der Waals surface area contributed by atoms with Crippen molar-refractivity contribution < 1.29 is 0 Å². The van der Waals surface area contributed by atoms with Crippen LogP contribution >= 0.6 is 11.6 Å². The summed E-state index contributed by atoms with van der Waals surface area (Å²) in [6, 6.07) is 13.9. The molecule has 2 rings (SSSR count). The van der Waals surface area contributed by atoms with Crippen molar-refractivity contribution in [2.24, 2.45) is 0 Å². The third-order valence-corrected chi connectivity index (χ3v) is 3.49. The topological polar surface area (TPSA) is 27.0 Å². The summed E-state index contributed by atoms with van der Waals surface area (Å²) in [4.78, 5) is 2.00. The van der Waals surface area contributed by atoms with Gasteiger partial charge in [0.2, 0.25) is 0 Å². The number of hydrogen-bond acceptors (Lipinski definition) is 2. The summed E-state index contributed by atoms with van der Waals surface area (Å²) < 4.78 is 0. The van der Waals surface area contributed by atoms with Gasteiger partial charge in [0, 0.05) is 12.7 Å². The molecule has 0 atom stereocenters. The second kappa shape index (κ2) is 5.34. The first-order valence-electron chi connectivity index (χ1n) is 6.04. The van der Waals surface area contributed by atoms with Crippen LogP contribution in [0.3, 0.4) is 0 Å². The average Bonchev–Trinajstić information content (AvgIpc) is 2.37. The van der Waals surface area contributed by atoms with Crippen molar-refractivity contribution in [2.75, 3.05) is 11.9 Å². The highest BCUT2D eigenvalue weighted by atomic mass is 35.5. The van der Waals surface area contributed by atoms with Crippen molar-refractivity contribution in [3.05, 3.63) is 58.1 Å². The van der Waals surface area contributed by atoms with Crippen molar-refractivity contribution in [3.8, 4) is 6.07 Å². The summed E-state index contributed by atoms with van der Waals surface area (Å²) in [5.41, 5.74) is 4.80. The molecule has 0 aliphatic heterocycles. The minimum absolute atomic E-state index is 0.483. The highest BCUT2D eigenvalue weighted by Gasteiger charge is 2.13. The van der Waals surface area contributed by atoms with Gasteiger partial charge in [0.1, 0.15) is 6.07 Å². The van der Waals surface area contributed by atoms with E-state index in [1.807, 2.05) is 24.1 Å². The van der Waals surface area contributed by atoms with Gasteiger partial charge in [-0.3, -0.25) is 0 Å². The number of rotatable bonds is 2. The van der Waals surface area contributed by atoms with E-state index >= 15 is 0 Å². The Hall–Kier alpha value is -1.98. The minimum Gasteiger partial charge on any atom is -0.343 e. The largest absolute Gasteiger partial charge is 0.343 e. The highest BCUT2D eigenvalue weighted by molar-refractivity contribution is 6.32. The molecule has 3 heteroatoms. The molecule has 0 aliphatic carbocycles. The quantitative estimate of drug-likeness (QED) is 0.798. The van der Waals surface area contributed by atoms with E-state index in [0.29, 0.717) is 10.6 Å². The monoisotopic (exact) mass is 270 g/mol. The zero-order chi connectivity index (χ0) is 14.0. The summed E-state index contributed by atoms with van der Waals surface area (Å²) in [5, 5.41) is 9.73. The predicted octanol–water partition coefficient (Wildman–Crippen LogP) is 4.60. The molecule has 0 radical (unpaired) electrons. The van der Waals surface area contributed by atoms with E-state index in [2.05, 4.69) is 38.1 Å². The van der Waals surface area contributed by atoms with Crippen LogP contribution in [0.15, 0.2) is 36.4 Å². The van der Waals surface area contributed by atoms with E-state index < -0.39 is 0 Å². The maximum absolute atomic E-state index is 9.25. The van der Waals surface area contributed by atoms with E-state index in [9.17, 15) is 5.26 Å². The van der Waals surface area contributed by atoms with Gasteiger partial charge >= 0.3 is 0 Å². The Labute approximate surface area is 118 Å². The van der Waals surface area contributed by atoms with Crippen LogP contribution in [0.4, 0.5) is 11.4 Å². The molecule has 0 aliphatic rings. The van der Waals surface area contributed by atoms with Crippen LogP contribution in [0.25, 0.3) is 0 Å². The first-order chi connectivity index (χ1) is 9.04. The van der Waals surface area contributed by atoms with Crippen molar-refractivity contribution in [3.63, 3.8) is 0 Å². The van der Waals surface area contributed by atoms with Crippen LogP contribution < -0.4 is 4.90 Å². The number of nitriles is 1. The van der Waals surface area contributed by atoms with Gasteiger partial charge in [0.15, 0.2) is 0 Å². The van der Waals surface area contributed by atoms with E-state index in [4.69, 9.17) is 11.6 Å². The van der Waals surface area contributed by atoms with Gasteiger partial charge in [-0.1, -0.05) is 35.4 Å². The summed E-state index contributed by atoms with van der Waals surface area (Å²) in [7, 11) is 1.95. The van der Waals surface area contributed by atoms with Crippen LogP contribution in [0.2, 0.25) is 5.02 Å². The number of nitrogens with zero attached hydrogens (tertiary/aromatic N) is 2. The molecule has 0 fully saturated rings. The fraction of sp³-hybridized carbons (Fsp3) is 0.188. The molecule has 19 heavy (non-hydrogen) atoms. The summed E-state index contributed by atoms with van der Waals surface area (Å²) >= 11 is 6.08. The molecule has 2 nitrogen and oxygen atoms in total. The van der Waals surface area contributed by atoms with Crippen LogP contribution in [0.5, 0.6) is 0 Å². The molecule has 0 saturated heterocycles. The Morgan fingerprint density at radius 1 is 1.11 bits per heavy atom. The summed E-state index contributed by atoms with van der Waals surface area (Å²) in [5.74, 6) is 0. The molecule has 0 spiro atoms. The van der Waals surface area contributed by atoms with E-state index in [1.54, 1.807) is 6.07 Å². The van der Waals surface area contributed by atoms with Crippen molar-refractivity contribution >= 4 is 23.0 Å². The molecule has 96 valence electrons. The molecule has 0 heterocycles. The van der Waals surface area contributed by atoms with Crippen molar-refractivity contribution in [1.82, 2.24) is 0 Å². The zero-order valence-corrected chi connectivity index (χ0v) is 12.0. The number of benzene rings is 2. The lowest BCUT2D eigenvalue weighted by Gasteiger charge is -2.23. The van der Waals surface area contributed by atoms with Gasteiger partial charge < -0.3 is 4.90 Å². The van der Waals surface area contributed by atoms with Gasteiger partial charge in [0.05, 0.1) is 16.3 Å². The average molecular weight is 271 g/mol. The Morgan fingerprint density at radius 2 is 1.84 bits per heavy atom. The third kappa shape index (κ3) is 2.57. The smallest absolute Gasteiger partial charge is 0.103 e. The summed E-state index contributed by atoms with van der Waals surface area (Å²) in [6.07, 6.45) is 0. The maximum atomic E-state index is 9.25. The second-order valence-corrected chi connectivity index (χ2v) is 5.00. The zero-order valence-electron chi connectivity index (χ0n) is 11.2. The van der Waals surface area contributed by atoms with Crippen LogP contribution in [0, 0.1) is 25.2 Å². The molecular formula is C16H15ClN2. The first-order valence-corrected chi connectivity index (χ1v) is 6.42. The molecular weight excluding hydrogens is 256 g/mol. The lowest BCUT2D eigenvalue weighted by molar-refractivity contribution is 1.17. The number of hydrogen-bond donors (Lipinski definition) is 0. The van der Waals surface area contributed by atoms with Crippen LogP contribution in [-0.2, 0) is 0 Å². The molecule has 0 amide bonds. The Bertz CT molecular complexity index is 656. The predicted molar refractivity (Wildman–Crippen MR) is 80.1 cm³/mol. The minimum atomic E-state index is 0.483. The van der Waals surface area contributed by atoms with E-state index in [-0.39, 0.29) is 0 Å². The molecule has 2 aromatic carbocycles. The maximum Gasteiger partial charge on any atom is 0.103 e. The van der Waals surface area contributed by atoms with Gasteiger partial charge in [-0.05, 0) is 37.6 Å². The second-order valence-electron chi connectivity index (χ2n) is 4.59. The van der Waals surface area contributed by atoms with E-state index in [0.717, 1.165) is 11.4 Å². The van der Waals surface area contributed by atoms with Crippen LogP contribution in [-0.4, -0.2) is 7.05 Å². The third-order valence-electron chi connectivity index (χ3n) is 3.18. The van der Waals surface area contributed by atoms with Gasteiger partial charge in [-0.25, -0.2) is 0 Å². The van der Waals surface area contributed by atoms with Crippen molar-refractivity contribution in [2.45, 2.75) is 13.8 Å². The lowest BCUT2D eigenvalue weighted by Crippen LogP contribution is -2.12. The van der Waals surface area contributed by atoms with Gasteiger partial charge in [-0.2, -0.15) is 5.26 Å². The normalized spacial score (nSPS) is 10.1. The van der Waals surface area contributed by atoms with Gasteiger partial charge in [-0.15, -0.1) is 0 Å². The lowest BCUT2D eigenvalue weighted by atomic mass is 10.1. The molecule has 0 unspecified atom stereocenters. The van der Waals surface area contributed by atoms with Gasteiger partial charge in [0.25, 0.3) is 0 Å². The molecule has 0 N–H and O–H groups in total.